The predicted octanol–water partition coefficient (Wildman–Crippen LogP) is 10.7. The second kappa shape index (κ2) is 10.9. The van der Waals surface area contributed by atoms with Crippen molar-refractivity contribution in [1.29, 1.82) is 0 Å². The Balaban J connectivity index is 1.23. The van der Waals surface area contributed by atoms with Crippen LogP contribution in [0.5, 0.6) is 0 Å². The molecule has 0 atom stereocenters. The van der Waals surface area contributed by atoms with E-state index in [1.807, 2.05) is 66.7 Å². The average Bonchev–Trinajstić information content (AvgIpc) is 3.74. The SMILES string of the molecule is c1ccc(-c2ccc(-c3nc(-c4ccccc4)nc(-c4cccc5oc6c(-c7nc8ccccc8s7)cccc6c45)n3)cc2)cc1. The van der Waals surface area contributed by atoms with E-state index in [1.54, 1.807) is 11.3 Å². The first kappa shape index (κ1) is 26.4. The van der Waals surface area contributed by atoms with Crippen LogP contribution < -0.4 is 0 Å². The Bertz CT molecular complexity index is 2490. The van der Waals surface area contributed by atoms with E-state index in [2.05, 4.69) is 78.9 Å². The number of rotatable bonds is 5. The molecule has 0 radical (unpaired) electrons. The van der Waals surface area contributed by atoms with E-state index < -0.39 is 0 Å². The normalized spacial score (nSPS) is 11.5. The fraction of sp³-hybridized carbons (Fsp3) is 0. The zero-order valence-corrected chi connectivity index (χ0v) is 25.3. The summed E-state index contributed by atoms with van der Waals surface area (Å²) in [5, 5.41) is 2.90. The highest BCUT2D eigenvalue weighted by atomic mass is 32.1. The first-order valence-electron chi connectivity index (χ1n) is 15.1. The van der Waals surface area contributed by atoms with Crippen molar-refractivity contribution in [1.82, 2.24) is 19.9 Å². The van der Waals surface area contributed by atoms with Gasteiger partial charge in [-0.15, -0.1) is 11.3 Å². The number of nitrogens with zero attached hydrogens (tertiary/aromatic N) is 4. The predicted molar refractivity (Wildman–Crippen MR) is 187 cm³/mol. The summed E-state index contributed by atoms with van der Waals surface area (Å²) in [7, 11) is 0. The van der Waals surface area contributed by atoms with Crippen molar-refractivity contribution >= 4 is 43.5 Å². The van der Waals surface area contributed by atoms with Gasteiger partial charge in [0.25, 0.3) is 0 Å². The third kappa shape index (κ3) is 4.55. The van der Waals surface area contributed by atoms with Crippen LogP contribution in [0.3, 0.4) is 0 Å². The van der Waals surface area contributed by atoms with E-state index in [0.717, 1.165) is 65.0 Å². The monoisotopic (exact) mass is 608 g/mol. The molecule has 5 nitrogen and oxygen atoms in total. The summed E-state index contributed by atoms with van der Waals surface area (Å²) in [4.78, 5) is 20.0. The molecule has 0 unspecified atom stereocenters. The van der Waals surface area contributed by atoms with Gasteiger partial charge in [-0.2, -0.15) is 0 Å². The molecule has 46 heavy (non-hydrogen) atoms. The molecule has 0 aliphatic rings. The topological polar surface area (TPSA) is 64.7 Å². The number of fused-ring (bicyclic) bond motifs is 4. The minimum absolute atomic E-state index is 0.592. The number of para-hydroxylation sites is 2. The Morgan fingerprint density at radius 3 is 1.78 bits per heavy atom. The highest BCUT2D eigenvalue weighted by Crippen LogP contribution is 2.42. The van der Waals surface area contributed by atoms with Gasteiger partial charge in [0.15, 0.2) is 17.5 Å². The van der Waals surface area contributed by atoms with Crippen LogP contribution in [-0.2, 0) is 0 Å². The standard InChI is InChI=1S/C40H24N4OS/c1-3-11-25(12-4-1)26-21-23-28(24-22-26)38-42-37(27-13-5-2-6-14-27)43-39(44-38)30-16-10-19-33-35(30)29-15-9-17-31(36(29)45-33)40-41-32-18-7-8-20-34(32)46-40/h1-24H. The molecule has 6 aromatic carbocycles. The zero-order valence-electron chi connectivity index (χ0n) is 24.5. The van der Waals surface area contributed by atoms with E-state index >= 15 is 0 Å². The Kier molecular flexibility index (Phi) is 6.25. The molecule has 9 rings (SSSR count). The number of thiazole rings is 1. The molecule has 6 heteroatoms. The molecule has 216 valence electrons. The van der Waals surface area contributed by atoms with Crippen molar-refractivity contribution in [2.24, 2.45) is 0 Å². The van der Waals surface area contributed by atoms with E-state index in [-0.39, 0.29) is 0 Å². The Hall–Kier alpha value is -5.98. The molecule has 0 fully saturated rings. The van der Waals surface area contributed by atoms with Crippen molar-refractivity contribution < 1.29 is 4.42 Å². The molecule has 0 saturated heterocycles. The van der Waals surface area contributed by atoms with Gasteiger partial charge in [0.1, 0.15) is 16.2 Å². The molecule has 0 aliphatic heterocycles. The van der Waals surface area contributed by atoms with E-state index in [9.17, 15) is 0 Å². The summed E-state index contributed by atoms with van der Waals surface area (Å²) in [6, 6.07) is 49.3. The largest absolute Gasteiger partial charge is 0.455 e. The van der Waals surface area contributed by atoms with Crippen molar-refractivity contribution in [3.05, 3.63) is 146 Å². The molecule has 0 bridgehead atoms. The number of furan rings is 1. The summed E-state index contributed by atoms with van der Waals surface area (Å²) >= 11 is 1.67. The second-order valence-electron chi connectivity index (χ2n) is 11.1. The molecule has 0 aliphatic carbocycles. The highest BCUT2D eigenvalue weighted by Gasteiger charge is 2.20. The molecule has 0 amide bonds. The number of hydrogen-bond donors (Lipinski definition) is 0. The van der Waals surface area contributed by atoms with Crippen LogP contribution in [-0.4, -0.2) is 19.9 Å². The van der Waals surface area contributed by atoms with Crippen LogP contribution in [0.4, 0.5) is 0 Å². The molecule has 3 heterocycles. The third-order valence-corrected chi connectivity index (χ3v) is 9.28. The number of aromatic nitrogens is 4. The first-order valence-corrected chi connectivity index (χ1v) is 15.9. The summed E-state index contributed by atoms with van der Waals surface area (Å²) in [6.07, 6.45) is 0. The van der Waals surface area contributed by atoms with Gasteiger partial charge in [-0.3, -0.25) is 0 Å². The maximum Gasteiger partial charge on any atom is 0.164 e. The number of benzene rings is 6. The van der Waals surface area contributed by atoms with E-state index in [4.69, 9.17) is 24.4 Å². The van der Waals surface area contributed by atoms with Crippen LogP contribution in [0, 0.1) is 0 Å². The lowest BCUT2D eigenvalue weighted by molar-refractivity contribution is 0.670. The molecule has 0 spiro atoms. The average molecular weight is 609 g/mol. The van der Waals surface area contributed by atoms with Crippen LogP contribution >= 0.6 is 11.3 Å². The van der Waals surface area contributed by atoms with Crippen LogP contribution in [0.25, 0.3) is 88.0 Å². The quantitative estimate of drug-likeness (QED) is 0.194. The molecule has 0 N–H and O–H groups in total. The van der Waals surface area contributed by atoms with Gasteiger partial charge in [0.2, 0.25) is 0 Å². The Morgan fingerprint density at radius 2 is 1.02 bits per heavy atom. The smallest absolute Gasteiger partial charge is 0.164 e. The minimum atomic E-state index is 0.592. The maximum atomic E-state index is 6.58. The summed E-state index contributed by atoms with van der Waals surface area (Å²) in [6.45, 7) is 0. The molecule has 9 aromatic rings. The number of hydrogen-bond acceptors (Lipinski definition) is 6. The molecule has 0 saturated carbocycles. The fourth-order valence-corrected chi connectivity index (χ4v) is 6.96. The minimum Gasteiger partial charge on any atom is -0.455 e. The maximum absolute atomic E-state index is 6.58. The highest BCUT2D eigenvalue weighted by molar-refractivity contribution is 7.21. The van der Waals surface area contributed by atoms with Crippen molar-refractivity contribution in [2.45, 2.75) is 0 Å². The van der Waals surface area contributed by atoms with Gasteiger partial charge in [0, 0.05) is 27.5 Å². The lowest BCUT2D eigenvalue weighted by atomic mass is 10.0. The Labute approximate surface area is 268 Å². The Morgan fingerprint density at radius 1 is 0.435 bits per heavy atom. The van der Waals surface area contributed by atoms with Crippen LogP contribution in [0.15, 0.2) is 150 Å². The molecular formula is C40H24N4OS. The van der Waals surface area contributed by atoms with Crippen molar-refractivity contribution in [3.8, 4) is 55.9 Å². The van der Waals surface area contributed by atoms with Gasteiger partial charge in [-0.05, 0) is 35.4 Å². The van der Waals surface area contributed by atoms with Crippen molar-refractivity contribution in [3.63, 3.8) is 0 Å². The zero-order chi connectivity index (χ0) is 30.5. The summed E-state index contributed by atoms with van der Waals surface area (Å²) in [5.74, 6) is 1.82. The molecular weight excluding hydrogens is 585 g/mol. The second-order valence-corrected chi connectivity index (χ2v) is 12.1. The van der Waals surface area contributed by atoms with Crippen LogP contribution in [0.1, 0.15) is 0 Å². The summed E-state index contributed by atoms with van der Waals surface area (Å²) < 4.78 is 7.72. The van der Waals surface area contributed by atoms with Gasteiger partial charge in [-0.25, -0.2) is 19.9 Å². The molecule has 3 aromatic heterocycles. The lowest BCUT2D eigenvalue weighted by Crippen LogP contribution is -2.00. The van der Waals surface area contributed by atoms with E-state index in [1.165, 1.54) is 5.56 Å². The van der Waals surface area contributed by atoms with Gasteiger partial charge in [-0.1, -0.05) is 121 Å². The lowest BCUT2D eigenvalue weighted by Gasteiger charge is -2.10. The fourth-order valence-electron chi connectivity index (χ4n) is 5.97. The van der Waals surface area contributed by atoms with Gasteiger partial charge in [0.05, 0.1) is 15.8 Å². The van der Waals surface area contributed by atoms with E-state index in [0.29, 0.717) is 17.5 Å². The van der Waals surface area contributed by atoms with Crippen molar-refractivity contribution in [2.75, 3.05) is 0 Å². The third-order valence-electron chi connectivity index (χ3n) is 8.21. The van der Waals surface area contributed by atoms with Crippen LogP contribution in [0.2, 0.25) is 0 Å². The van der Waals surface area contributed by atoms with Gasteiger partial charge < -0.3 is 4.42 Å². The first-order chi connectivity index (χ1) is 22.8. The summed E-state index contributed by atoms with van der Waals surface area (Å²) in [5.41, 5.74) is 8.58. The van der Waals surface area contributed by atoms with Gasteiger partial charge >= 0.3 is 0 Å².